The lowest BCUT2D eigenvalue weighted by atomic mass is 10.1. The van der Waals surface area contributed by atoms with Crippen LogP contribution in [-0.2, 0) is 0 Å². The highest BCUT2D eigenvalue weighted by Crippen LogP contribution is 2.29. The van der Waals surface area contributed by atoms with Crippen LogP contribution in [0.1, 0.15) is 13.8 Å². The van der Waals surface area contributed by atoms with Gasteiger partial charge < -0.3 is 14.6 Å². The zero-order valence-corrected chi connectivity index (χ0v) is 17.7. The number of benzene rings is 2. The van der Waals surface area contributed by atoms with E-state index in [1.807, 2.05) is 53.9 Å². The Kier molecular flexibility index (Phi) is 5.56. The van der Waals surface area contributed by atoms with E-state index in [1.165, 1.54) is 11.3 Å². The highest BCUT2D eigenvalue weighted by atomic mass is 35.5. The molecule has 0 fully saturated rings. The van der Waals surface area contributed by atoms with Gasteiger partial charge in [-0.25, -0.2) is 9.78 Å². The average molecular weight is 426 g/mol. The number of rotatable bonds is 6. The van der Waals surface area contributed by atoms with E-state index in [9.17, 15) is 4.79 Å². The van der Waals surface area contributed by atoms with E-state index in [4.69, 9.17) is 16.0 Å². The van der Waals surface area contributed by atoms with Crippen LogP contribution in [0, 0.1) is 0 Å². The highest BCUT2D eigenvalue weighted by molar-refractivity contribution is 7.14. The molecule has 4 rings (SSSR count). The normalized spacial score (nSPS) is 11.0. The highest BCUT2D eigenvalue weighted by Gasteiger charge is 2.13. The van der Waals surface area contributed by atoms with Crippen LogP contribution >= 0.6 is 22.9 Å². The molecule has 0 aliphatic carbocycles. The lowest BCUT2D eigenvalue weighted by Crippen LogP contribution is -2.21. The summed E-state index contributed by atoms with van der Waals surface area (Å²) in [4.78, 5) is 19.4. The number of hydrogen-bond acceptors (Lipinski definition) is 6. The summed E-state index contributed by atoms with van der Waals surface area (Å²) in [6.07, 6.45) is 0. The molecule has 2 aromatic heterocycles. The summed E-state index contributed by atoms with van der Waals surface area (Å²) in [6, 6.07) is 15.2. The Bertz CT molecular complexity index is 1210. The van der Waals surface area contributed by atoms with Crippen LogP contribution in [0.3, 0.4) is 0 Å². The molecule has 0 atom stereocenters. The molecule has 0 saturated heterocycles. The molecule has 1 N–H and O–H groups in total. The SMILES string of the molecule is CCN(CC)c1ccc2cc(-c3csc(Nc4cccc(Cl)c4)n3)c(=O)oc2c1. The Morgan fingerprint density at radius 1 is 1.14 bits per heavy atom. The molecule has 4 aromatic rings. The minimum Gasteiger partial charge on any atom is -0.422 e. The van der Waals surface area contributed by atoms with Crippen LogP contribution in [0.15, 0.2) is 63.1 Å². The number of nitrogens with one attached hydrogen (secondary N) is 1. The topological polar surface area (TPSA) is 58.4 Å². The number of halogens is 1. The van der Waals surface area contributed by atoms with Crippen molar-refractivity contribution in [3.05, 3.63) is 69.4 Å². The zero-order chi connectivity index (χ0) is 20.4. The van der Waals surface area contributed by atoms with Crippen molar-refractivity contribution in [3.63, 3.8) is 0 Å². The van der Waals surface area contributed by atoms with E-state index >= 15 is 0 Å². The fourth-order valence-electron chi connectivity index (χ4n) is 3.21. The van der Waals surface area contributed by atoms with E-state index in [0.717, 1.165) is 29.9 Å². The molecule has 0 radical (unpaired) electrons. The minimum absolute atomic E-state index is 0.395. The van der Waals surface area contributed by atoms with Crippen LogP contribution in [0.25, 0.3) is 22.2 Å². The lowest BCUT2D eigenvalue weighted by Gasteiger charge is -2.20. The number of anilines is 3. The number of nitrogens with zero attached hydrogens (tertiary/aromatic N) is 2. The van der Waals surface area contributed by atoms with Gasteiger partial charge >= 0.3 is 5.63 Å². The van der Waals surface area contributed by atoms with Gasteiger partial charge in [0.2, 0.25) is 0 Å². The average Bonchev–Trinajstić information content (AvgIpc) is 3.16. The first-order chi connectivity index (χ1) is 14.1. The second-order valence-corrected chi connectivity index (χ2v) is 7.81. The Morgan fingerprint density at radius 2 is 1.97 bits per heavy atom. The van der Waals surface area contributed by atoms with Crippen molar-refractivity contribution in [2.24, 2.45) is 0 Å². The molecular weight excluding hydrogens is 406 g/mol. The van der Waals surface area contributed by atoms with Gasteiger partial charge in [-0.05, 0) is 50.2 Å². The van der Waals surface area contributed by atoms with E-state index < -0.39 is 5.63 Å². The van der Waals surface area contributed by atoms with Crippen LogP contribution in [0.4, 0.5) is 16.5 Å². The van der Waals surface area contributed by atoms with Crippen LogP contribution in [0.2, 0.25) is 5.02 Å². The number of aromatic nitrogens is 1. The van der Waals surface area contributed by atoms with Gasteiger partial charge in [0.05, 0.1) is 11.3 Å². The van der Waals surface area contributed by atoms with Gasteiger partial charge in [0.1, 0.15) is 5.58 Å². The molecule has 2 heterocycles. The maximum Gasteiger partial charge on any atom is 0.345 e. The molecule has 148 valence electrons. The van der Waals surface area contributed by atoms with Gasteiger partial charge in [0.25, 0.3) is 0 Å². The number of fused-ring (bicyclic) bond motifs is 1. The molecule has 0 saturated carbocycles. The van der Waals surface area contributed by atoms with Crippen molar-refractivity contribution in [1.29, 1.82) is 0 Å². The van der Waals surface area contributed by atoms with Gasteiger partial charge in [-0.2, -0.15) is 0 Å². The molecule has 0 amide bonds. The first-order valence-corrected chi connectivity index (χ1v) is 10.6. The monoisotopic (exact) mass is 425 g/mol. The standard InChI is InChI=1S/C22H20ClN3O2S/c1-3-26(4-2)17-9-8-14-10-18(21(27)28-20(14)12-17)19-13-29-22(25-19)24-16-7-5-6-15(23)11-16/h5-13H,3-4H2,1-2H3,(H,24,25). The van der Waals surface area contributed by atoms with Gasteiger partial charge in [0.15, 0.2) is 5.13 Å². The third kappa shape index (κ3) is 4.13. The van der Waals surface area contributed by atoms with E-state index in [1.54, 1.807) is 0 Å². The first kappa shape index (κ1) is 19.5. The fourth-order valence-corrected chi connectivity index (χ4v) is 4.13. The summed E-state index contributed by atoms with van der Waals surface area (Å²) in [5, 5.41) is 7.24. The van der Waals surface area contributed by atoms with E-state index in [2.05, 4.69) is 29.0 Å². The first-order valence-electron chi connectivity index (χ1n) is 9.38. The molecule has 0 aliphatic heterocycles. The van der Waals surface area contributed by atoms with E-state index in [0.29, 0.717) is 27.0 Å². The van der Waals surface area contributed by atoms with Crippen molar-refractivity contribution in [1.82, 2.24) is 4.98 Å². The summed E-state index contributed by atoms with van der Waals surface area (Å²) in [5.41, 5.74) is 3.10. The Morgan fingerprint density at radius 3 is 2.72 bits per heavy atom. The van der Waals surface area contributed by atoms with Gasteiger partial charge in [0, 0.05) is 46.3 Å². The molecule has 29 heavy (non-hydrogen) atoms. The van der Waals surface area contributed by atoms with Gasteiger partial charge in [-0.1, -0.05) is 17.7 Å². The van der Waals surface area contributed by atoms with Crippen molar-refractivity contribution < 1.29 is 4.42 Å². The molecule has 0 spiro atoms. The van der Waals surface area contributed by atoms with Gasteiger partial charge in [-0.15, -0.1) is 11.3 Å². The summed E-state index contributed by atoms with van der Waals surface area (Å²) in [5.74, 6) is 0. The molecule has 5 nitrogen and oxygen atoms in total. The third-order valence-electron chi connectivity index (χ3n) is 4.70. The fraction of sp³-hybridized carbons (Fsp3) is 0.182. The third-order valence-corrected chi connectivity index (χ3v) is 5.70. The van der Waals surface area contributed by atoms with Crippen LogP contribution < -0.4 is 15.8 Å². The van der Waals surface area contributed by atoms with Crippen molar-refractivity contribution in [2.75, 3.05) is 23.3 Å². The molecule has 0 unspecified atom stereocenters. The maximum absolute atomic E-state index is 12.6. The molecule has 2 aromatic carbocycles. The largest absolute Gasteiger partial charge is 0.422 e. The Balaban J connectivity index is 1.66. The van der Waals surface area contributed by atoms with Crippen molar-refractivity contribution >= 4 is 50.4 Å². The predicted molar refractivity (Wildman–Crippen MR) is 122 cm³/mol. The van der Waals surface area contributed by atoms with Crippen LogP contribution in [-0.4, -0.2) is 18.1 Å². The number of thiazole rings is 1. The van der Waals surface area contributed by atoms with E-state index in [-0.39, 0.29) is 0 Å². The van der Waals surface area contributed by atoms with Gasteiger partial charge in [-0.3, -0.25) is 0 Å². The predicted octanol–water partition coefficient (Wildman–Crippen LogP) is 6.16. The van der Waals surface area contributed by atoms with Crippen LogP contribution in [0.5, 0.6) is 0 Å². The summed E-state index contributed by atoms with van der Waals surface area (Å²) < 4.78 is 5.61. The molecule has 0 aliphatic rings. The molecular formula is C22H20ClN3O2S. The molecule has 0 bridgehead atoms. The quantitative estimate of drug-likeness (QED) is 0.375. The second kappa shape index (κ2) is 8.27. The zero-order valence-electron chi connectivity index (χ0n) is 16.1. The summed E-state index contributed by atoms with van der Waals surface area (Å²) >= 11 is 7.44. The maximum atomic E-state index is 12.6. The second-order valence-electron chi connectivity index (χ2n) is 6.52. The lowest BCUT2D eigenvalue weighted by molar-refractivity contribution is 0.563. The Labute approximate surface area is 177 Å². The summed E-state index contributed by atoms with van der Waals surface area (Å²) in [7, 11) is 0. The van der Waals surface area contributed by atoms with Crippen molar-refractivity contribution in [2.45, 2.75) is 13.8 Å². The molecule has 7 heteroatoms. The summed E-state index contributed by atoms with van der Waals surface area (Å²) in [6.45, 7) is 5.99. The van der Waals surface area contributed by atoms with Crippen molar-refractivity contribution in [3.8, 4) is 11.3 Å². The Hall–Kier alpha value is -2.83. The smallest absolute Gasteiger partial charge is 0.345 e. The minimum atomic E-state index is -0.395. The number of hydrogen-bond donors (Lipinski definition) is 1.